The number of nitrogens with one attached hydrogen (secondary N) is 1. The molecular weight excluding hydrogens is 366 g/mol. The van der Waals surface area contributed by atoms with Crippen LogP contribution < -0.4 is 10.9 Å². The van der Waals surface area contributed by atoms with Crippen molar-refractivity contribution in [3.63, 3.8) is 0 Å². The molecule has 2 heterocycles. The molecule has 0 fully saturated rings. The Morgan fingerprint density at radius 3 is 3.04 bits per heavy atom. The third-order valence-electron chi connectivity index (χ3n) is 4.69. The maximum Gasteiger partial charge on any atom is 0.263 e. The molecule has 0 saturated heterocycles. The van der Waals surface area contributed by atoms with Crippen molar-refractivity contribution in [1.82, 2.24) is 14.9 Å². The number of hydrogen-bond donors (Lipinski definition) is 1. The maximum absolute atomic E-state index is 13.2. The van der Waals surface area contributed by atoms with Gasteiger partial charge in [0.15, 0.2) is 5.16 Å². The molecule has 1 aliphatic rings. The molecule has 3 rings (SSSR count). The normalized spacial score (nSPS) is 17.7. The fourth-order valence-electron chi connectivity index (χ4n) is 3.31. The zero-order valence-corrected chi connectivity index (χ0v) is 17.1. The highest BCUT2D eigenvalue weighted by Gasteiger charge is 2.25. The number of thiophene rings is 1. The molecule has 1 N–H and O–H groups in total. The van der Waals surface area contributed by atoms with Crippen molar-refractivity contribution in [3.05, 3.63) is 33.4 Å². The summed E-state index contributed by atoms with van der Waals surface area (Å²) in [6, 6.07) is 0. The number of hydrogen-bond acceptors (Lipinski definition) is 5. The monoisotopic (exact) mass is 391 g/mol. The van der Waals surface area contributed by atoms with Gasteiger partial charge in [-0.3, -0.25) is 14.2 Å². The highest BCUT2D eigenvalue weighted by Crippen LogP contribution is 2.36. The van der Waals surface area contributed by atoms with Crippen molar-refractivity contribution in [3.8, 4) is 0 Å². The summed E-state index contributed by atoms with van der Waals surface area (Å²) in [6.07, 6.45) is 4.79. The van der Waals surface area contributed by atoms with Gasteiger partial charge in [-0.2, -0.15) is 0 Å². The number of amides is 1. The first-order chi connectivity index (χ1) is 12.5. The molecule has 0 saturated carbocycles. The van der Waals surface area contributed by atoms with Gasteiger partial charge in [-0.15, -0.1) is 17.9 Å². The van der Waals surface area contributed by atoms with Crippen LogP contribution in [0.5, 0.6) is 0 Å². The van der Waals surface area contributed by atoms with E-state index in [1.165, 1.54) is 22.2 Å². The van der Waals surface area contributed by atoms with Gasteiger partial charge in [0.25, 0.3) is 5.56 Å². The molecule has 0 spiro atoms. The lowest BCUT2D eigenvalue weighted by Crippen LogP contribution is -2.31. The number of aryl methyl sites for hydroxylation is 1. The lowest BCUT2D eigenvalue weighted by Gasteiger charge is -2.18. The molecule has 0 bridgehead atoms. The summed E-state index contributed by atoms with van der Waals surface area (Å²) in [5.41, 5.74) is 1.18. The van der Waals surface area contributed by atoms with Gasteiger partial charge in [0, 0.05) is 18.0 Å². The predicted molar refractivity (Wildman–Crippen MR) is 109 cm³/mol. The van der Waals surface area contributed by atoms with Gasteiger partial charge >= 0.3 is 0 Å². The number of thioether (sulfide) groups is 1. The molecule has 1 aliphatic carbocycles. The summed E-state index contributed by atoms with van der Waals surface area (Å²) < 4.78 is 1.65. The Balaban J connectivity index is 2.08. The third kappa shape index (κ3) is 3.60. The van der Waals surface area contributed by atoms with Crippen LogP contribution in [0.1, 0.15) is 37.6 Å². The molecule has 7 heteroatoms. The highest BCUT2D eigenvalue weighted by atomic mass is 32.2. The lowest BCUT2D eigenvalue weighted by atomic mass is 9.89. The maximum atomic E-state index is 13.2. The molecule has 2 aromatic heterocycles. The van der Waals surface area contributed by atoms with E-state index in [2.05, 4.69) is 18.8 Å². The van der Waals surface area contributed by atoms with Crippen LogP contribution in [0.15, 0.2) is 22.6 Å². The number of carbonyl (C=O) groups excluding carboxylic acids is 1. The minimum Gasteiger partial charge on any atom is -0.355 e. The Labute approximate surface area is 161 Å². The largest absolute Gasteiger partial charge is 0.355 e. The minimum absolute atomic E-state index is 0.00690. The van der Waals surface area contributed by atoms with Crippen LogP contribution in [0.4, 0.5) is 0 Å². The number of nitrogens with zero attached hydrogens (tertiary/aromatic N) is 2. The summed E-state index contributed by atoms with van der Waals surface area (Å²) in [4.78, 5) is 32.2. The zero-order chi connectivity index (χ0) is 18.8. The molecule has 140 valence electrons. The van der Waals surface area contributed by atoms with Crippen molar-refractivity contribution >= 4 is 39.2 Å². The van der Waals surface area contributed by atoms with Gasteiger partial charge < -0.3 is 5.32 Å². The van der Waals surface area contributed by atoms with Crippen LogP contribution in [0.2, 0.25) is 0 Å². The average Bonchev–Trinajstić information content (AvgIpc) is 2.95. The van der Waals surface area contributed by atoms with Gasteiger partial charge in [0.2, 0.25) is 5.91 Å². The van der Waals surface area contributed by atoms with Crippen molar-refractivity contribution in [2.45, 2.75) is 57.0 Å². The average molecular weight is 392 g/mol. The molecule has 2 aromatic rings. The quantitative estimate of drug-likeness (QED) is 0.466. The van der Waals surface area contributed by atoms with E-state index in [-0.39, 0.29) is 16.7 Å². The SMILES string of the molecule is C=CCn1c(S[C@H](C)C(=O)NCC)nc2sc3c(c2c1=O)CC[C@H](C)C3. The van der Waals surface area contributed by atoms with E-state index in [1.54, 1.807) is 22.0 Å². The van der Waals surface area contributed by atoms with Crippen molar-refractivity contribution in [1.29, 1.82) is 0 Å². The first-order valence-corrected chi connectivity index (χ1v) is 10.8. The van der Waals surface area contributed by atoms with Gasteiger partial charge in [-0.1, -0.05) is 24.8 Å². The van der Waals surface area contributed by atoms with Crippen molar-refractivity contribution in [2.75, 3.05) is 6.54 Å². The second-order valence-corrected chi connectivity index (χ2v) is 9.18. The first kappa shape index (κ1) is 19.2. The van der Waals surface area contributed by atoms with E-state index in [0.29, 0.717) is 24.2 Å². The molecule has 5 nitrogen and oxygen atoms in total. The molecule has 2 atom stereocenters. The molecule has 0 radical (unpaired) electrons. The number of carbonyl (C=O) groups is 1. The van der Waals surface area contributed by atoms with Crippen LogP contribution in [0.25, 0.3) is 10.2 Å². The van der Waals surface area contributed by atoms with Crippen LogP contribution in [0.3, 0.4) is 0 Å². The summed E-state index contributed by atoms with van der Waals surface area (Å²) in [5, 5.41) is 3.87. The van der Waals surface area contributed by atoms with Crippen molar-refractivity contribution in [2.24, 2.45) is 5.92 Å². The molecule has 0 unspecified atom stereocenters. The number of allylic oxidation sites excluding steroid dienone is 1. The minimum atomic E-state index is -0.315. The van der Waals surface area contributed by atoms with E-state index in [1.807, 2.05) is 13.8 Å². The Bertz CT molecular complexity index is 900. The van der Waals surface area contributed by atoms with Crippen LogP contribution >= 0.6 is 23.1 Å². The fraction of sp³-hybridized carbons (Fsp3) is 0.526. The molecule has 26 heavy (non-hydrogen) atoms. The van der Waals surface area contributed by atoms with E-state index >= 15 is 0 Å². The van der Waals surface area contributed by atoms with E-state index < -0.39 is 0 Å². The van der Waals surface area contributed by atoms with Crippen molar-refractivity contribution < 1.29 is 4.79 Å². The zero-order valence-electron chi connectivity index (χ0n) is 15.5. The van der Waals surface area contributed by atoms with Crippen LogP contribution in [-0.2, 0) is 24.2 Å². The Hall–Kier alpha value is -1.60. The Kier molecular flexibility index (Phi) is 5.87. The van der Waals surface area contributed by atoms with Gasteiger partial charge in [0.05, 0.1) is 10.6 Å². The first-order valence-electron chi connectivity index (χ1n) is 9.06. The molecule has 0 aromatic carbocycles. The summed E-state index contributed by atoms with van der Waals surface area (Å²) in [5.74, 6) is 0.605. The van der Waals surface area contributed by atoms with Crippen LogP contribution in [0, 0.1) is 5.92 Å². The Morgan fingerprint density at radius 2 is 2.35 bits per heavy atom. The number of aromatic nitrogens is 2. The summed E-state index contributed by atoms with van der Waals surface area (Å²) >= 11 is 2.97. The standard InChI is InChI=1S/C19H25N3O2S2/c1-5-9-22-18(24)15-13-8-7-11(3)10-14(13)26-17(15)21-19(22)25-12(4)16(23)20-6-2/h5,11-12H,1,6-10H2,2-4H3,(H,20,23)/t11-,12+/m0/s1. The van der Waals surface area contributed by atoms with Crippen LogP contribution in [-0.4, -0.2) is 27.3 Å². The number of rotatable bonds is 6. The second-order valence-electron chi connectivity index (χ2n) is 6.79. The topological polar surface area (TPSA) is 64.0 Å². The third-order valence-corrected chi connectivity index (χ3v) is 6.93. The lowest BCUT2D eigenvalue weighted by molar-refractivity contribution is -0.120. The summed E-state index contributed by atoms with van der Waals surface area (Å²) in [6.45, 7) is 10.7. The second kappa shape index (κ2) is 7.96. The summed E-state index contributed by atoms with van der Waals surface area (Å²) in [7, 11) is 0. The van der Waals surface area contributed by atoms with Gasteiger partial charge in [0.1, 0.15) is 4.83 Å². The Morgan fingerprint density at radius 1 is 1.58 bits per heavy atom. The fourth-order valence-corrected chi connectivity index (χ4v) is 5.68. The van der Waals surface area contributed by atoms with E-state index in [4.69, 9.17) is 4.98 Å². The smallest absolute Gasteiger partial charge is 0.263 e. The van der Waals surface area contributed by atoms with Gasteiger partial charge in [-0.25, -0.2) is 4.98 Å². The molecular formula is C19H25N3O2S2. The molecule has 0 aliphatic heterocycles. The van der Waals surface area contributed by atoms with E-state index in [0.717, 1.165) is 29.5 Å². The molecule has 1 amide bonds. The van der Waals surface area contributed by atoms with Gasteiger partial charge in [-0.05, 0) is 44.6 Å². The predicted octanol–water partition coefficient (Wildman–Crippen LogP) is 3.39. The van der Waals surface area contributed by atoms with E-state index in [9.17, 15) is 9.59 Å². The highest BCUT2D eigenvalue weighted by molar-refractivity contribution is 8.00. The number of fused-ring (bicyclic) bond motifs is 3.